The van der Waals surface area contributed by atoms with E-state index in [9.17, 15) is 18.3 Å². The SMILES string of the molecule is O=C(O)C1(NS(=O)(=O)c2cccc(Br)c2)CCOC1. The van der Waals surface area contributed by atoms with Gasteiger partial charge in [-0.2, -0.15) is 4.72 Å². The molecule has 0 aliphatic carbocycles. The molecule has 2 rings (SSSR count). The molecule has 1 heterocycles. The lowest BCUT2D eigenvalue weighted by molar-refractivity contribution is -0.144. The van der Waals surface area contributed by atoms with Gasteiger partial charge in [0.05, 0.1) is 11.5 Å². The molecule has 19 heavy (non-hydrogen) atoms. The zero-order chi connectivity index (χ0) is 14.1. The number of carbonyl (C=O) groups is 1. The van der Waals surface area contributed by atoms with Crippen LogP contribution in [0.5, 0.6) is 0 Å². The molecule has 0 saturated carbocycles. The van der Waals surface area contributed by atoms with Crippen molar-refractivity contribution >= 4 is 31.9 Å². The van der Waals surface area contributed by atoms with Crippen LogP contribution in [0.15, 0.2) is 33.6 Å². The van der Waals surface area contributed by atoms with Crippen molar-refractivity contribution in [2.75, 3.05) is 13.2 Å². The number of hydrogen-bond acceptors (Lipinski definition) is 4. The molecule has 8 heteroatoms. The van der Waals surface area contributed by atoms with Crippen molar-refractivity contribution in [1.82, 2.24) is 4.72 Å². The first-order chi connectivity index (χ1) is 8.86. The zero-order valence-electron chi connectivity index (χ0n) is 9.80. The predicted octanol–water partition coefficient (Wildman–Crippen LogP) is 0.971. The predicted molar refractivity (Wildman–Crippen MR) is 70.3 cm³/mol. The second-order valence-electron chi connectivity index (χ2n) is 4.25. The molecule has 1 aromatic carbocycles. The van der Waals surface area contributed by atoms with Gasteiger partial charge in [0, 0.05) is 17.5 Å². The van der Waals surface area contributed by atoms with E-state index in [0.717, 1.165) is 0 Å². The lowest BCUT2D eigenvalue weighted by atomic mass is 10.0. The average Bonchev–Trinajstić information content (AvgIpc) is 2.78. The quantitative estimate of drug-likeness (QED) is 0.844. The third-order valence-electron chi connectivity index (χ3n) is 2.87. The van der Waals surface area contributed by atoms with E-state index >= 15 is 0 Å². The minimum absolute atomic E-state index is 0.00870. The molecule has 1 aliphatic heterocycles. The van der Waals surface area contributed by atoms with Gasteiger partial charge in [-0.15, -0.1) is 0 Å². The van der Waals surface area contributed by atoms with E-state index in [-0.39, 0.29) is 24.5 Å². The Morgan fingerprint density at radius 3 is 2.74 bits per heavy atom. The topological polar surface area (TPSA) is 92.7 Å². The first-order valence-corrected chi connectivity index (χ1v) is 7.74. The van der Waals surface area contributed by atoms with Crippen LogP contribution in [0, 0.1) is 0 Å². The number of hydrogen-bond donors (Lipinski definition) is 2. The van der Waals surface area contributed by atoms with E-state index in [1.165, 1.54) is 12.1 Å². The summed E-state index contributed by atoms with van der Waals surface area (Å²) in [4.78, 5) is 11.3. The van der Waals surface area contributed by atoms with Gasteiger partial charge in [0.25, 0.3) is 0 Å². The third kappa shape index (κ3) is 2.97. The molecule has 0 bridgehead atoms. The zero-order valence-corrected chi connectivity index (χ0v) is 12.2. The molecule has 2 N–H and O–H groups in total. The smallest absolute Gasteiger partial charge is 0.327 e. The van der Waals surface area contributed by atoms with E-state index in [4.69, 9.17) is 4.74 Å². The standard InChI is InChI=1S/C11H12BrNO5S/c12-8-2-1-3-9(6-8)19(16,17)13-11(10(14)15)4-5-18-7-11/h1-3,6,13H,4-5,7H2,(H,14,15). The molecule has 1 fully saturated rings. The van der Waals surface area contributed by atoms with Gasteiger partial charge in [0.1, 0.15) is 0 Å². The maximum absolute atomic E-state index is 12.2. The molecule has 0 amide bonds. The first-order valence-electron chi connectivity index (χ1n) is 5.46. The van der Waals surface area contributed by atoms with Crippen molar-refractivity contribution in [3.63, 3.8) is 0 Å². The van der Waals surface area contributed by atoms with Crippen molar-refractivity contribution in [3.05, 3.63) is 28.7 Å². The summed E-state index contributed by atoms with van der Waals surface area (Å²) in [7, 11) is -3.91. The normalized spacial score (nSPS) is 23.4. The molecular weight excluding hydrogens is 338 g/mol. The van der Waals surface area contributed by atoms with Crippen LogP contribution in [0.1, 0.15) is 6.42 Å². The fourth-order valence-electron chi connectivity index (χ4n) is 1.81. The van der Waals surface area contributed by atoms with Gasteiger partial charge in [-0.05, 0) is 18.2 Å². The molecule has 0 aromatic heterocycles. The van der Waals surface area contributed by atoms with Gasteiger partial charge in [-0.25, -0.2) is 8.42 Å². The van der Waals surface area contributed by atoms with Crippen LogP contribution in [0.25, 0.3) is 0 Å². The van der Waals surface area contributed by atoms with Crippen LogP contribution >= 0.6 is 15.9 Å². The third-order valence-corrected chi connectivity index (χ3v) is 4.89. The molecule has 1 atom stereocenters. The number of rotatable bonds is 4. The number of benzene rings is 1. The Morgan fingerprint density at radius 1 is 1.47 bits per heavy atom. The van der Waals surface area contributed by atoms with E-state index in [1.807, 2.05) is 0 Å². The van der Waals surface area contributed by atoms with Crippen LogP contribution in [0.2, 0.25) is 0 Å². The highest BCUT2D eigenvalue weighted by molar-refractivity contribution is 9.10. The Hall–Kier alpha value is -0.960. The first kappa shape index (κ1) is 14.4. The lowest BCUT2D eigenvalue weighted by Crippen LogP contribution is -2.54. The molecular formula is C11H12BrNO5S. The number of halogens is 1. The van der Waals surface area contributed by atoms with Crippen molar-refractivity contribution in [2.24, 2.45) is 0 Å². The lowest BCUT2D eigenvalue weighted by Gasteiger charge is -2.23. The van der Waals surface area contributed by atoms with E-state index < -0.39 is 21.5 Å². The number of ether oxygens (including phenoxy) is 1. The van der Waals surface area contributed by atoms with Gasteiger partial charge < -0.3 is 9.84 Å². The van der Waals surface area contributed by atoms with E-state index in [1.54, 1.807) is 12.1 Å². The van der Waals surface area contributed by atoms with Crippen LogP contribution < -0.4 is 4.72 Å². The molecule has 1 saturated heterocycles. The molecule has 1 aliphatic rings. The second-order valence-corrected chi connectivity index (χ2v) is 6.85. The monoisotopic (exact) mass is 349 g/mol. The summed E-state index contributed by atoms with van der Waals surface area (Å²) in [6.45, 7) is 0.0445. The summed E-state index contributed by atoms with van der Waals surface area (Å²) in [5.41, 5.74) is -1.58. The molecule has 6 nitrogen and oxygen atoms in total. The largest absolute Gasteiger partial charge is 0.480 e. The highest BCUT2D eigenvalue weighted by Gasteiger charge is 2.46. The fraction of sp³-hybridized carbons (Fsp3) is 0.364. The van der Waals surface area contributed by atoms with Gasteiger partial charge in [0.15, 0.2) is 5.54 Å². The summed E-state index contributed by atoms with van der Waals surface area (Å²) in [6.07, 6.45) is 0.107. The Bertz CT molecular complexity index is 595. The van der Waals surface area contributed by atoms with Crippen LogP contribution in [0.4, 0.5) is 0 Å². The molecule has 104 valence electrons. The van der Waals surface area contributed by atoms with E-state index in [0.29, 0.717) is 4.47 Å². The molecule has 0 radical (unpaired) electrons. The van der Waals surface area contributed by atoms with Crippen LogP contribution in [-0.2, 0) is 19.6 Å². The average molecular weight is 350 g/mol. The fourth-order valence-corrected chi connectivity index (χ4v) is 3.78. The minimum atomic E-state index is -3.91. The molecule has 0 spiro atoms. The summed E-state index contributed by atoms with van der Waals surface area (Å²) < 4.78 is 32.2. The van der Waals surface area contributed by atoms with Gasteiger partial charge in [-0.3, -0.25) is 4.79 Å². The Kier molecular flexibility index (Phi) is 3.95. The maximum atomic E-state index is 12.2. The van der Waals surface area contributed by atoms with Gasteiger partial charge in [0.2, 0.25) is 10.0 Å². The second kappa shape index (κ2) is 5.20. The summed E-state index contributed by atoms with van der Waals surface area (Å²) >= 11 is 3.18. The summed E-state index contributed by atoms with van der Waals surface area (Å²) in [5.74, 6) is -1.23. The summed E-state index contributed by atoms with van der Waals surface area (Å²) in [5, 5.41) is 9.21. The van der Waals surface area contributed by atoms with Crippen molar-refractivity contribution in [2.45, 2.75) is 16.9 Å². The summed E-state index contributed by atoms with van der Waals surface area (Å²) in [6, 6.07) is 6.06. The number of carboxylic acids is 1. The Morgan fingerprint density at radius 2 is 2.21 bits per heavy atom. The molecule has 1 unspecified atom stereocenters. The molecule has 1 aromatic rings. The highest BCUT2D eigenvalue weighted by atomic mass is 79.9. The van der Waals surface area contributed by atoms with Crippen molar-refractivity contribution in [3.8, 4) is 0 Å². The maximum Gasteiger partial charge on any atom is 0.327 e. The number of sulfonamides is 1. The minimum Gasteiger partial charge on any atom is -0.480 e. The number of nitrogens with one attached hydrogen (secondary N) is 1. The highest BCUT2D eigenvalue weighted by Crippen LogP contribution is 2.23. The van der Waals surface area contributed by atoms with Crippen molar-refractivity contribution in [1.29, 1.82) is 0 Å². The van der Waals surface area contributed by atoms with Crippen LogP contribution in [0.3, 0.4) is 0 Å². The number of aliphatic carboxylic acids is 1. The number of carboxylic acid groups (broad SMARTS) is 1. The Labute approximate surface area is 118 Å². The van der Waals surface area contributed by atoms with Crippen molar-refractivity contribution < 1.29 is 23.1 Å². The van der Waals surface area contributed by atoms with Gasteiger partial charge >= 0.3 is 5.97 Å². The Balaban J connectivity index is 2.33. The van der Waals surface area contributed by atoms with Crippen LogP contribution in [-0.4, -0.2) is 38.2 Å². The van der Waals surface area contributed by atoms with Gasteiger partial charge in [-0.1, -0.05) is 22.0 Å². The van der Waals surface area contributed by atoms with E-state index in [2.05, 4.69) is 20.7 Å².